The highest BCUT2D eigenvalue weighted by Crippen LogP contribution is 2.29. The van der Waals surface area contributed by atoms with Crippen LogP contribution >= 0.6 is 11.3 Å². The van der Waals surface area contributed by atoms with Gasteiger partial charge in [0.1, 0.15) is 5.52 Å². The summed E-state index contributed by atoms with van der Waals surface area (Å²) in [6.07, 6.45) is 4.84. The zero-order valence-corrected chi connectivity index (χ0v) is 15.6. The van der Waals surface area contributed by atoms with Crippen LogP contribution in [0.5, 0.6) is 0 Å². The molecule has 0 spiro atoms. The van der Waals surface area contributed by atoms with Crippen molar-refractivity contribution in [2.24, 2.45) is 0 Å². The molecule has 0 saturated carbocycles. The molecule has 0 aliphatic heterocycles. The lowest BCUT2D eigenvalue weighted by Crippen LogP contribution is -2.25. The molecule has 1 N–H and O–H groups in total. The Hall–Kier alpha value is -2.97. The Morgan fingerprint density at radius 1 is 1.30 bits per heavy atom. The highest BCUT2D eigenvalue weighted by atomic mass is 32.1. The van der Waals surface area contributed by atoms with Gasteiger partial charge in [0.15, 0.2) is 0 Å². The third-order valence-corrected chi connectivity index (χ3v) is 5.10. The topological polar surface area (TPSA) is 93.8 Å². The summed E-state index contributed by atoms with van der Waals surface area (Å²) in [5.74, 6) is 0. The van der Waals surface area contributed by atoms with Crippen LogP contribution in [0.4, 0.5) is 0 Å². The van der Waals surface area contributed by atoms with E-state index >= 15 is 0 Å². The Balaban J connectivity index is 2.06. The van der Waals surface area contributed by atoms with Gasteiger partial charge in [0.05, 0.1) is 46.5 Å². The number of fused-ring (bicyclic) bond motifs is 1. The average molecular weight is 379 g/mol. The van der Waals surface area contributed by atoms with Crippen molar-refractivity contribution in [3.05, 3.63) is 57.7 Å². The fraction of sp³-hybridized carbons (Fsp3) is 0.211. The Kier molecular flexibility index (Phi) is 4.51. The van der Waals surface area contributed by atoms with E-state index in [-0.39, 0.29) is 18.2 Å². The first-order chi connectivity index (χ1) is 13.1. The summed E-state index contributed by atoms with van der Waals surface area (Å²) in [6.45, 7) is 3.54. The lowest BCUT2D eigenvalue weighted by atomic mass is 10.1. The minimum Gasteiger partial charge on any atom is -0.394 e. The van der Waals surface area contributed by atoms with Gasteiger partial charge in [-0.1, -0.05) is 0 Å². The molecule has 4 rings (SSSR count). The van der Waals surface area contributed by atoms with Crippen molar-refractivity contribution in [1.82, 2.24) is 24.5 Å². The second-order valence-corrected chi connectivity index (χ2v) is 7.30. The molecular formula is C19H17N5O2S. The van der Waals surface area contributed by atoms with Crippen LogP contribution in [-0.4, -0.2) is 36.2 Å². The maximum atomic E-state index is 13.1. The zero-order chi connectivity index (χ0) is 19.0. The first-order valence-corrected chi connectivity index (χ1v) is 9.32. The summed E-state index contributed by atoms with van der Waals surface area (Å²) in [4.78, 5) is 30.9. The number of rotatable bonds is 4. The van der Waals surface area contributed by atoms with Crippen LogP contribution in [0.3, 0.4) is 0 Å². The minimum atomic E-state index is -0.366. The quantitative estimate of drug-likeness (QED) is 0.586. The van der Waals surface area contributed by atoms with E-state index in [1.807, 2.05) is 24.4 Å². The van der Waals surface area contributed by atoms with Gasteiger partial charge in [0.25, 0.3) is 5.56 Å². The number of pyridine rings is 2. The van der Waals surface area contributed by atoms with E-state index in [0.29, 0.717) is 22.3 Å². The molecule has 0 amide bonds. The first-order valence-electron chi connectivity index (χ1n) is 8.44. The number of hydrogen-bond acceptors (Lipinski definition) is 7. The van der Waals surface area contributed by atoms with E-state index in [1.165, 1.54) is 22.2 Å². The first kappa shape index (κ1) is 17.4. The Morgan fingerprint density at radius 3 is 2.81 bits per heavy atom. The third-order valence-electron chi connectivity index (χ3n) is 4.32. The van der Waals surface area contributed by atoms with Crippen molar-refractivity contribution in [3.63, 3.8) is 0 Å². The molecule has 8 heteroatoms. The van der Waals surface area contributed by atoms with Crippen LogP contribution in [0, 0.1) is 6.92 Å². The molecule has 1 atom stereocenters. The van der Waals surface area contributed by atoms with Crippen molar-refractivity contribution < 1.29 is 5.11 Å². The molecule has 7 nitrogen and oxygen atoms in total. The summed E-state index contributed by atoms with van der Waals surface area (Å²) in [7, 11) is 0. The van der Waals surface area contributed by atoms with E-state index in [1.54, 1.807) is 25.4 Å². The van der Waals surface area contributed by atoms with Gasteiger partial charge >= 0.3 is 0 Å². The second kappa shape index (κ2) is 6.98. The summed E-state index contributed by atoms with van der Waals surface area (Å²) < 4.78 is 1.44. The Labute approximate surface area is 159 Å². The molecule has 0 aliphatic rings. The number of aromatic nitrogens is 5. The molecule has 0 saturated heterocycles. The van der Waals surface area contributed by atoms with E-state index < -0.39 is 0 Å². The van der Waals surface area contributed by atoms with E-state index in [2.05, 4.69) is 15.0 Å². The lowest BCUT2D eigenvalue weighted by molar-refractivity contribution is 0.236. The number of aliphatic hydroxyl groups is 1. The van der Waals surface area contributed by atoms with Gasteiger partial charge in [-0.3, -0.25) is 14.3 Å². The molecular weight excluding hydrogens is 362 g/mol. The fourth-order valence-electron chi connectivity index (χ4n) is 2.86. The molecule has 0 aliphatic carbocycles. The van der Waals surface area contributed by atoms with Gasteiger partial charge in [-0.05, 0) is 32.0 Å². The highest BCUT2D eigenvalue weighted by Gasteiger charge is 2.17. The van der Waals surface area contributed by atoms with Crippen LogP contribution in [0.1, 0.15) is 18.0 Å². The van der Waals surface area contributed by atoms with Gasteiger partial charge in [-0.25, -0.2) is 15.0 Å². The number of hydrogen-bond donors (Lipinski definition) is 1. The molecule has 1 unspecified atom stereocenters. The van der Waals surface area contributed by atoms with Crippen LogP contribution in [0.25, 0.3) is 33.5 Å². The smallest absolute Gasteiger partial charge is 0.261 e. The lowest BCUT2D eigenvalue weighted by Gasteiger charge is -2.14. The van der Waals surface area contributed by atoms with Crippen LogP contribution < -0.4 is 5.56 Å². The molecule has 0 bridgehead atoms. The number of aliphatic hydroxyl groups excluding tert-OH is 1. The average Bonchev–Trinajstić information content (AvgIpc) is 3.14. The number of nitrogens with zero attached hydrogens (tertiary/aromatic N) is 5. The highest BCUT2D eigenvalue weighted by molar-refractivity contribution is 7.09. The van der Waals surface area contributed by atoms with E-state index in [0.717, 1.165) is 16.3 Å². The molecule has 0 fully saturated rings. The van der Waals surface area contributed by atoms with Crippen LogP contribution in [0.15, 0.2) is 47.1 Å². The van der Waals surface area contributed by atoms with Gasteiger partial charge < -0.3 is 5.11 Å². The molecule has 4 aromatic heterocycles. The Morgan fingerprint density at radius 2 is 2.15 bits per heavy atom. The van der Waals surface area contributed by atoms with Gasteiger partial charge in [0.2, 0.25) is 0 Å². The molecule has 4 aromatic rings. The van der Waals surface area contributed by atoms with Crippen molar-refractivity contribution >= 4 is 22.2 Å². The van der Waals surface area contributed by atoms with E-state index in [4.69, 9.17) is 4.98 Å². The normalized spacial score (nSPS) is 12.4. The third kappa shape index (κ3) is 3.13. The number of thiazole rings is 1. The largest absolute Gasteiger partial charge is 0.394 e. The summed E-state index contributed by atoms with van der Waals surface area (Å²) in [5, 5.41) is 12.7. The molecule has 4 heterocycles. The predicted octanol–water partition coefficient (Wildman–Crippen LogP) is 2.84. The van der Waals surface area contributed by atoms with Crippen molar-refractivity contribution in [2.75, 3.05) is 6.61 Å². The van der Waals surface area contributed by atoms with Gasteiger partial charge in [-0.15, -0.1) is 11.3 Å². The monoisotopic (exact) mass is 379 g/mol. The number of aryl methyl sites for hydroxylation is 1. The molecule has 27 heavy (non-hydrogen) atoms. The fourth-order valence-corrected chi connectivity index (χ4v) is 3.47. The standard InChI is InChI=1S/C19H17N5O2S/c1-11(8-25)24-10-21-18-14(19(24)26)6-15(16-9-27-12(2)22-16)23-17(18)13-4-3-5-20-7-13/h3-7,9-11,25H,8H2,1-2H3. The summed E-state index contributed by atoms with van der Waals surface area (Å²) in [5.41, 5.74) is 2.97. The second-order valence-electron chi connectivity index (χ2n) is 6.23. The van der Waals surface area contributed by atoms with Gasteiger partial charge in [0, 0.05) is 23.3 Å². The van der Waals surface area contributed by atoms with Crippen LogP contribution in [-0.2, 0) is 0 Å². The minimum absolute atomic E-state index is 0.147. The van der Waals surface area contributed by atoms with Gasteiger partial charge in [-0.2, -0.15) is 0 Å². The maximum absolute atomic E-state index is 13.1. The molecule has 0 aromatic carbocycles. The van der Waals surface area contributed by atoms with Crippen molar-refractivity contribution in [2.45, 2.75) is 19.9 Å². The molecule has 136 valence electrons. The van der Waals surface area contributed by atoms with E-state index in [9.17, 15) is 9.90 Å². The summed E-state index contributed by atoms with van der Waals surface area (Å²) >= 11 is 1.53. The zero-order valence-electron chi connectivity index (χ0n) is 14.8. The maximum Gasteiger partial charge on any atom is 0.261 e. The van der Waals surface area contributed by atoms with Crippen molar-refractivity contribution in [1.29, 1.82) is 0 Å². The van der Waals surface area contributed by atoms with Crippen molar-refractivity contribution in [3.8, 4) is 22.6 Å². The predicted molar refractivity (Wildman–Crippen MR) is 105 cm³/mol. The SMILES string of the molecule is Cc1nc(-c2cc3c(=O)n(C(C)CO)cnc3c(-c3cccnc3)n2)cs1. The molecule has 0 radical (unpaired) electrons. The Bertz CT molecular complexity index is 1170. The van der Waals surface area contributed by atoms with Crippen LogP contribution in [0.2, 0.25) is 0 Å². The summed E-state index contributed by atoms with van der Waals surface area (Å²) in [6, 6.07) is 5.06.